The van der Waals surface area contributed by atoms with Crippen LogP contribution >= 0.6 is 0 Å². The third-order valence-electron chi connectivity index (χ3n) is 8.14. The van der Waals surface area contributed by atoms with E-state index in [4.69, 9.17) is 0 Å². The second-order valence-electron chi connectivity index (χ2n) is 12.8. The molecule has 272 valence electrons. The molecule has 0 radical (unpaired) electrons. The summed E-state index contributed by atoms with van der Waals surface area (Å²) in [6, 6.07) is -1.08. The summed E-state index contributed by atoms with van der Waals surface area (Å²) in [6.45, 7) is 4.47. The Bertz CT molecular complexity index is 967. The first-order chi connectivity index (χ1) is 22.8. The number of hydrogen-bond acceptors (Lipinski definition) is 4. The molecule has 0 aromatic heterocycles. The molecule has 0 aliphatic heterocycles. The molecule has 0 aliphatic carbocycles. The molecular formula is C40H71NO5S. The number of hydrogen-bond donors (Lipinski definition) is 3. The van der Waals surface area contributed by atoms with Gasteiger partial charge in [0.2, 0.25) is 5.91 Å². The lowest BCUT2D eigenvalue weighted by Crippen LogP contribution is -2.46. The van der Waals surface area contributed by atoms with Gasteiger partial charge in [-0.2, -0.15) is 8.42 Å². The van der Waals surface area contributed by atoms with E-state index in [-0.39, 0.29) is 12.3 Å². The van der Waals surface area contributed by atoms with Crippen LogP contribution in [0.15, 0.2) is 60.8 Å². The maximum absolute atomic E-state index is 12.5. The number of nitrogens with one attached hydrogen (secondary N) is 1. The van der Waals surface area contributed by atoms with E-state index in [1.54, 1.807) is 6.08 Å². The molecule has 2 atom stereocenters. The monoisotopic (exact) mass is 678 g/mol. The van der Waals surface area contributed by atoms with Gasteiger partial charge in [0.1, 0.15) is 0 Å². The molecule has 2 unspecified atom stereocenters. The van der Waals surface area contributed by atoms with E-state index in [1.807, 2.05) is 0 Å². The van der Waals surface area contributed by atoms with Crippen LogP contribution in [0.1, 0.15) is 168 Å². The minimum atomic E-state index is -4.36. The Morgan fingerprint density at radius 1 is 0.574 bits per heavy atom. The van der Waals surface area contributed by atoms with Crippen molar-refractivity contribution in [2.75, 3.05) is 5.75 Å². The first kappa shape index (κ1) is 45.0. The second-order valence-corrected chi connectivity index (χ2v) is 14.3. The highest BCUT2D eigenvalue weighted by Gasteiger charge is 2.24. The lowest BCUT2D eigenvalue weighted by Gasteiger charge is -2.21. The van der Waals surface area contributed by atoms with Gasteiger partial charge < -0.3 is 10.4 Å². The highest BCUT2D eigenvalue weighted by molar-refractivity contribution is 7.85. The van der Waals surface area contributed by atoms with E-state index in [0.717, 1.165) is 57.8 Å². The van der Waals surface area contributed by atoms with Gasteiger partial charge in [-0.1, -0.05) is 145 Å². The van der Waals surface area contributed by atoms with Crippen LogP contribution in [-0.4, -0.2) is 41.9 Å². The molecule has 1 amide bonds. The van der Waals surface area contributed by atoms with Gasteiger partial charge in [-0.3, -0.25) is 9.35 Å². The van der Waals surface area contributed by atoms with Crippen LogP contribution in [0.5, 0.6) is 0 Å². The quantitative estimate of drug-likeness (QED) is 0.0364. The average Bonchev–Trinajstić information content (AvgIpc) is 3.03. The van der Waals surface area contributed by atoms with Crippen molar-refractivity contribution < 1.29 is 22.9 Å². The number of rotatable bonds is 33. The van der Waals surface area contributed by atoms with Crippen molar-refractivity contribution in [3.8, 4) is 0 Å². The van der Waals surface area contributed by atoms with Gasteiger partial charge in [0, 0.05) is 6.42 Å². The Labute approximate surface area is 290 Å². The van der Waals surface area contributed by atoms with Crippen molar-refractivity contribution in [1.29, 1.82) is 0 Å². The van der Waals surface area contributed by atoms with Gasteiger partial charge >= 0.3 is 0 Å². The summed E-state index contributed by atoms with van der Waals surface area (Å²) >= 11 is 0. The molecule has 6 nitrogen and oxygen atoms in total. The summed E-state index contributed by atoms with van der Waals surface area (Å²) in [5.74, 6) is -1.02. The molecular weight excluding hydrogens is 607 g/mol. The smallest absolute Gasteiger partial charge is 0.267 e. The van der Waals surface area contributed by atoms with Crippen molar-refractivity contribution in [3.63, 3.8) is 0 Å². The normalized spacial score (nSPS) is 14.0. The summed E-state index contributed by atoms with van der Waals surface area (Å²) in [5, 5.41) is 13.2. The van der Waals surface area contributed by atoms with Gasteiger partial charge in [0.05, 0.1) is 17.9 Å². The van der Waals surface area contributed by atoms with E-state index in [0.29, 0.717) is 12.8 Å². The van der Waals surface area contributed by atoms with Crippen LogP contribution in [0.4, 0.5) is 0 Å². The fourth-order valence-electron chi connectivity index (χ4n) is 5.27. The molecule has 0 aromatic rings. The minimum Gasteiger partial charge on any atom is -0.387 e. The highest BCUT2D eigenvalue weighted by atomic mass is 32.2. The fraction of sp³-hybridized carbons (Fsp3) is 0.725. The van der Waals surface area contributed by atoms with Gasteiger partial charge in [0.15, 0.2) is 0 Å². The summed E-state index contributed by atoms with van der Waals surface area (Å²) < 4.78 is 32.4. The van der Waals surface area contributed by atoms with Crippen LogP contribution in [0.3, 0.4) is 0 Å². The lowest BCUT2D eigenvalue weighted by molar-refractivity contribution is -0.122. The molecule has 0 aliphatic rings. The highest BCUT2D eigenvalue weighted by Crippen LogP contribution is 2.11. The Kier molecular flexibility index (Phi) is 32.5. The van der Waals surface area contributed by atoms with Crippen molar-refractivity contribution in [1.82, 2.24) is 5.32 Å². The molecule has 0 bridgehead atoms. The first-order valence-electron chi connectivity index (χ1n) is 19.0. The number of amides is 1. The Hall–Kier alpha value is -1.96. The van der Waals surface area contributed by atoms with Crippen molar-refractivity contribution in [2.45, 2.75) is 180 Å². The number of unbranched alkanes of at least 4 members (excludes halogenated alkanes) is 17. The first-order valence-corrected chi connectivity index (χ1v) is 20.6. The molecule has 0 saturated carbocycles. The molecule has 0 aromatic carbocycles. The van der Waals surface area contributed by atoms with Crippen LogP contribution in [-0.2, 0) is 14.9 Å². The molecule has 3 N–H and O–H groups in total. The second kappa shape index (κ2) is 33.9. The third kappa shape index (κ3) is 35.2. The third-order valence-corrected chi connectivity index (χ3v) is 8.92. The number of aliphatic hydroxyl groups excluding tert-OH is 1. The summed E-state index contributed by atoms with van der Waals surface area (Å²) in [5.41, 5.74) is 0. The molecule has 0 fully saturated rings. The molecule has 0 heterocycles. The van der Waals surface area contributed by atoms with Crippen LogP contribution in [0, 0.1) is 0 Å². The fourth-order valence-corrected chi connectivity index (χ4v) is 6.01. The van der Waals surface area contributed by atoms with Crippen molar-refractivity contribution >= 4 is 16.0 Å². The number of carbonyl (C=O) groups is 1. The van der Waals surface area contributed by atoms with Gasteiger partial charge in [-0.15, -0.1) is 0 Å². The summed E-state index contributed by atoms with van der Waals surface area (Å²) in [7, 11) is -4.36. The molecule has 0 rings (SSSR count). The largest absolute Gasteiger partial charge is 0.387 e. The predicted octanol–water partition coefficient (Wildman–Crippen LogP) is 10.9. The molecule has 0 saturated heterocycles. The summed E-state index contributed by atoms with van der Waals surface area (Å²) in [6.07, 6.45) is 46.2. The topological polar surface area (TPSA) is 104 Å². The Morgan fingerprint density at radius 3 is 1.51 bits per heavy atom. The van der Waals surface area contributed by atoms with Crippen molar-refractivity contribution in [2.24, 2.45) is 0 Å². The zero-order valence-corrected chi connectivity index (χ0v) is 30.9. The van der Waals surface area contributed by atoms with E-state index in [1.165, 1.54) is 83.1 Å². The molecule has 47 heavy (non-hydrogen) atoms. The lowest BCUT2D eigenvalue weighted by atomic mass is 10.1. The van der Waals surface area contributed by atoms with E-state index in [2.05, 4.69) is 67.8 Å². The average molecular weight is 678 g/mol. The van der Waals surface area contributed by atoms with Crippen molar-refractivity contribution in [3.05, 3.63) is 60.8 Å². The summed E-state index contributed by atoms with van der Waals surface area (Å²) in [4.78, 5) is 12.5. The zero-order chi connectivity index (χ0) is 34.7. The van der Waals surface area contributed by atoms with E-state index in [9.17, 15) is 22.9 Å². The predicted molar refractivity (Wildman–Crippen MR) is 202 cm³/mol. The van der Waals surface area contributed by atoms with Crippen LogP contribution in [0.2, 0.25) is 0 Å². The van der Waals surface area contributed by atoms with Gasteiger partial charge in [-0.05, 0) is 77.0 Å². The van der Waals surface area contributed by atoms with E-state index >= 15 is 0 Å². The molecule has 0 spiro atoms. The Morgan fingerprint density at radius 2 is 0.979 bits per heavy atom. The van der Waals surface area contributed by atoms with Crippen LogP contribution < -0.4 is 5.32 Å². The maximum Gasteiger partial charge on any atom is 0.267 e. The van der Waals surface area contributed by atoms with Crippen LogP contribution in [0.25, 0.3) is 0 Å². The van der Waals surface area contributed by atoms with Gasteiger partial charge in [0.25, 0.3) is 10.1 Å². The van der Waals surface area contributed by atoms with Gasteiger partial charge in [-0.25, -0.2) is 0 Å². The van der Waals surface area contributed by atoms with E-state index < -0.39 is 28.0 Å². The zero-order valence-electron chi connectivity index (χ0n) is 30.1. The number of allylic oxidation sites excluding steroid dienone is 9. The number of aliphatic hydroxyl groups is 1. The number of carbonyl (C=O) groups excluding carboxylic acids is 1. The molecule has 7 heteroatoms. The Balaban J connectivity index is 4.07. The minimum absolute atomic E-state index is 0.273. The SMILES string of the molecule is CCCCC/C=C\C/C=C\CCCCCCCCCC(=O)NC(CS(=O)(=O)O)C(O)/C=C/CC/C=C/CC/C=C/CCCCCCC. The maximum atomic E-state index is 12.5. The standard InChI is InChI=1S/C40H71NO5S/c1-3-5-7-9-11-13-15-17-19-20-22-24-26-28-30-32-34-36-40(43)41-38(37-47(44,45)46)39(42)35-33-31-29-27-25-23-21-18-16-14-12-10-8-6-4-2/h11,13,16-19,25,27,33,35,38-39,42H,3-10,12,14-15,20-24,26,28-32,34,36-37H2,1-2H3,(H,41,43)(H,44,45,46)/b13-11-,18-16+,19-17-,27-25+,35-33+.